The van der Waals surface area contributed by atoms with E-state index in [0.717, 1.165) is 11.3 Å². The number of thiophene rings is 1. The summed E-state index contributed by atoms with van der Waals surface area (Å²) in [6, 6.07) is 4.60. The van der Waals surface area contributed by atoms with Crippen molar-refractivity contribution in [3.8, 4) is 5.75 Å². The number of phenolic OH excluding ortho intramolecular Hbond substituents is 1. The lowest BCUT2D eigenvalue weighted by molar-refractivity contribution is -0.143. The molecule has 0 aliphatic heterocycles. The number of nitrogens with one attached hydrogen (secondary N) is 2. The van der Waals surface area contributed by atoms with E-state index in [-0.39, 0.29) is 16.1 Å². The predicted octanol–water partition coefficient (Wildman–Crippen LogP) is 3.21. The van der Waals surface area contributed by atoms with Crippen molar-refractivity contribution in [1.82, 2.24) is 4.90 Å². The number of hydrogen-bond acceptors (Lipinski definition) is 7. The van der Waals surface area contributed by atoms with Crippen LogP contribution < -0.4 is 21.5 Å². The lowest BCUT2D eigenvalue weighted by Crippen LogP contribution is -2.39. The van der Waals surface area contributed by atoms with Gasteiger partial charge >= 0.3 is 6.18 Å². The van der Waals surface area contributed by atoms with Crippen LogP contribution in [0.2, 0.25) is 0 Å². The third kappa shape index (κ3) is 3.88. The SMILES string of the molecule is CN(C)C(=O)c1cccc(Nc2c(N[C@@H](c3cccs3)C(F)(F)F)c(=O)c2=O)c1O. The van der Waals surface area contributed by atoms with E-state index >= 15 is 0 Å². The molecule has 1 heterocycles. The Morgan fingerprint density at radius 1 is 1.10 bits per heavy atom. The highest BCUT2D eigenvalue weighted by molar-refractivity contribution is 7.10. The molecule has 30 heavy (non-hydrogen) atoms. The number of aromatic hydroxyl groups is 1. The number of benzene rings is 1. The fourth-order valence-electron chi connectivity index (χ4n) is 2.76. The van der Waals surface area contributed by atoms with Crippen LogP contribution in [0.3, 0.4) is 0 Å². The van der Waals surface area contributed by atoms with Crippen molar-refractivity contribution in [1.29, 1.82) is 0 Å². The Morgan fingerprint density at radius 3 is 2.33 bits per heavy atom. The number of amides is 1. The fourth-order valence-corrected chi connectivity index (χ4v) is 3.56. The zero-order chi connectivity index (χ0) is 22.2. The van der Waals surface area contributed by atoms with Crippen molar-refractivity contribution in [3.63, 3.8) is 0 Å². The number of alkyl halides is 3. The van der Waals surface area contributed by atoms with Crippen LogP contribution in [0, 0.1) is 0 Å². The third-order valence-corrected chi connectivity index (χ3v) is 5.22. The zero-order valence-electron chi connectivity index (χ0n) is 15.7. The summed E-state index contributed by atoms with van der Waals surface area (Å²) in [7, 11) is 2.95. The largest absolute Gasteiger partial charge is 0.505 e. The molecule has 158 valence electrons. The maximum atomic E-state index is 13.5. The Morgan fingerprint density at radius 2 is 1.77 bits per heavy atom. The monoisotopic (exact) mass is 439 g/mol. The van der Waals surface area contributed by atoms with Gasteiger partial charge in [-0.25, -0.2) is 0 Å². The Kier molecular flexibility index (Phi) is 5.57. The maximum absolute atomic E-state index is 13.5. The molecule has 0 aliphatic carbocycles. The minimum absolute atomic E-state index is 0.0787. The molecule has 0 unspecified atom stereocenters. The summed E-state index contributed by atoms with van der Waals surface area (Å²) in [5, 5.41) is 16.4. The number of nitrogens with zero attached hydrogens (tertiary/aromatic N) is 1. The average molecular weight is 439 g/mol. The highest BCUT2D eigenvalue weighted by Gasteiger charge is 2.43. The molecule has 7 nitrogen and oxygen atoms in total. The van der Waals surface area contributed by atoms with Crippen molar-refractivity contribution in [2.24, 2.45) is 0 Å². The topological polar surface area (TPSA) is 98.7 Å². The van der Waals surface area contributed by atoms with Gasteiger partial charge in [-0.2, -0.15) is 13.2 Å². The van der Waals surface area contributed by atoms with Crippen LogP contribution in [-0.4, -0.2) is 36.2 Å². The van der Waals surface area contributed by atoms with Crippen molar-refractivity contribution in [3.05, 3.63) is 66.6 Å². The summed E-state index contributed by atoms with van der Waals surface area (Å²) in [6.45, 7) is 0. The molecule has 0 radical (unpaired) electrons. The van der Waals surface area contributed by atoms with Gasteiger partial charge in [-0.15, -0.1) is 11.3 Å². The highest BCUT2D eigenvalue weighted by atomic mass is 32.1. The first kappa shape index (κ1) is 21.4. The van der Waals surface area contributed by atoms with Crippen molar-refractivity contribution < 1.29 is 23.1 Å². The average Bonchev–Trinajstić information content (AvgIpc) is 3.20. The number of hydrogen-bond donors (Lipinski definition) is 3. The van der Waals surface area contributed by atoms with Gasteiger partial charge in [0.1, 0.15) is 11.4 Å². The number of rotatable bonds is 6. The van der Waals surface area contributed by atoms with Gasteiger partial charge in [0.2, 0.25) is 0 Å². The second kappa shape index (κ2) is 7.82. The lowest BCUT2D eigenvalue weighted by atomic mass is 10.1. The standard InChI is InChI=1S/C19H16F3N3O4S/c1-25(2)18(29)9-5-3-6-10(14(9)26)23-12-13(16(28)15(12)27)24-17(19(20,21)22)11-7-4-8-30-11/h3-8,17,23-24,26H,1-2H3/t17-/m0/s1. The van der Waals surface area contributed by atoms with Gasteiger partial charge in [-0.3, -0.25) is 14.4 Å². The number of anilines is 3. The van der Waals surface area contributed by atoms with Gasteiger partial charge in [0.25, 0.3) is 16.8 Å². The van der Waals surface area contributed by atoms with E-state index in [1.54, 1.807) is 0 Å². The van der Waals surface area contributed by atoms with Crippen molar-refractivity contribution in [2.75, 3.05) is 24.7 Å². The summed E-state index contributed by atoms with van der Waals surface area (Å²) < 4.78 is 40.5. The van der Waals surface area contributed by atoms with E-state index in [2.05, 4.69) is 10.6 Å². The molecule has 0 spiro atoms. The second-order valence-corrected chi connectivity index (χ2v) is 7.55. The number of para-hydroxylation sites is 1. The molecule has 0 saturated carbocycles. The molecule has 3 rings (SSSR count). The fraction of sp³-hybridized carbons (Fsp3) is 0.211. The Balaban J connectivity index is 1.95. The number of halogens is 3. The second-order valence-electron chi connectivity index (χ2n) is 6.57. The molecule has 2 aromatic carbocycles. The first-order valence-corrected chi connectivity index (χ1v) is 9.41. The van der Waals surface area contributed by atoms with E-state index in [0.29, 0.717) is 0 Å². The van der Waals surface area contributed by atoms with Crippen LogP contribution in [0.15, 0.2) is 45.3 Å². The normalized spacial score (nSPS) is 12.6. The van der Waals surface area contributed by atoms with Gasteiger partial charge in [0.05, 0.1) is 11.3 Å². The minimum Gasteiger partial charge on any atom is -0.505 e. The van der Waals surface area contributed by atoms with Gasteiger partial charge in [-0.1, -0.05) is 12.1 Å². The molecule has 1 atom stereocenters. The van der Waals surface area contributed by atoms with E-state index in [1.165, 1.54) is 54.7 Å². The summed E-state index contributed by atoms with van der Waals surface area (Å²) >= 11 is 0.848. The lowest BCUT2D eigenvalue weighted by Gasteiger charge is -2.24. The van der Waals surface area contributed by atoms with Gasteiger partial charge in [-0.05, 0) is 23.6 Å². The van der Waals surface area contributed by atoms with E-state index < -0.39 is 46.1 Å². The van der Waals surface area contributed by atoms with Crippen LogP contribution in [-0.2, 0) is 0 Å². The summed E-state index contributed by atoms with van der Waals surface area (Å²) in [5.74, 6) is -1.02. The first-order valence-electron chi connectivity index (χ1n) is 8.53. The van der Waals surface area contributed by atoms with Crippen LogP contribution in [0.5, 0.6) is 5.75 Å². The van der Waals surface area contributed by atoms with Crippen LogP contribution in [0.1, 0.15) is 21.3 Å². The molecule has 3 N–H and O–H groups in total. The van der Waals surface area contributed by atoms with Crippen LogP contribution in [0.4, 0.5) is 30.2 Å². The minimum atomic E-state index is -4.72. The molecule has 3 aromatic rings. The predicted molar refractivity (Wildman–Crippen MR) is 107 cm³/mol. The molecule has 0 saturated heterocycles. The number of phenols is 1. The zero-order valence-corrected chi connectivity index (χ0v) is 16.5. The summed E-state index contributed by atoms with van der Waals surface area (Å²) in [4.78, 5) is 37.2. The van der Waals surface area contributed by atoms with E-state index in [4.69, 9.17) is 0 Å². The quantitative estimate of drug-likeness (QED) is 0.403. The Hall–Kier alpha value is -3.34. The summed E-state index contributed by atoms with van der Waals surface area (Å²) in [5.41, 5.74) is -3.28. The maximum Gasteiger partial charge on any atom is 0.413 e. The first-order chi connectivity index (χ1) is 14.0. The van der Waals surface area contributed by atoms with Crippen LogP contribution >= 0.6 is 11.3 Å². The molecule has 1 aromatic heterocycles. The molecule has 0 bridgehead atoms. The van der Waals surface area contributed by atoms with Crippen molar-refractivity contribution >= 4 is 34.3 Å². The van der Waals surface area contributed by atoms with Crippen molar-refractivity contribution in [2.45, 2.75) is 12.2 Å². The molecule has 0 fully saturated rings. The molecule has 0 aliphatic rings. The highest BCUT2D eigenvalue weighted by Crippen LogP contribution is 2.39. The van der Waals surface area contributed by atoms with Gasteiger partial charge < -0.3 is 20.6 Å². The molecular weight excluding hydrogens is 423 g/mol. The molecule has 1 amide bonds. The van der Waals surface area contributed by atoms with Crippen LogP contribution in [0.25, 0.3) is 0 Å². The van der Waals surface area contributed by atoms with Gasteiger partial charge in [0, 0.05) is 19.0 Å². The molecule has 11 heteroatoms. The smallest absolute Gasteiger partial charge is 0.413 e. The number of carbonyl (C=O) groups is 1. The Labute approximate surface area is 172 Å². The summed E-state index contributed by atoms with van der Waals surface area (Å²) in [6.07, 6.45) is -4.72. The third-order valence-electron chi connectivity index (χ3n) is 4.29. The number of carbonyl (C=O) groups excluding carboxylic acids is 1. The molecular formula is C19H16F3N3O4S. The van der Waals surface area contributed by atoms with E-state index in [1.807, 2.05) is 0 Å². The van der Waals surface area contributed by atoms with Gasteiger partial charge in [0.15, 0.2) is 11.8 Å². The van der Waals surface area contributed by atoms with E-state index in [9.17, 15) is 32.7 Å². The Bertz CT molecular complexity index is 1150.